The highest BCUT2D eigenvalue weighted by Crippen LogP contribution is 2.19. The maximum absolute atomic E-state index is 13.4. The quantitative estimate of drug-likeness (QED) is 0.606. The van der Waals surface area contributed by atoms with Gasteiger partial charge in [-0.05, 0) is 43.7 Å². The molecule has 2 aromatic carbocycles. The molecule has 0 bridgehead atoms. The Bertz CT molecular complexity index is 817. The van der Waals surface area contributed by atoms with Crippen LogP contribution in [0.3, 0.4) is 0 Å². The molecule has 0 radical (unpaired) electrons. The SMILES string of the molecule is CCOc1ccccc1/C=C/C(=O)OCC(=O)Nc1ccc(C)c(F)c1. The Balaban J connectivity index is 1.86. The van der Waals surface area contributed by atoms with Crippen molar-refractivity contribution in [3.63, 3.8) is 0 Å². The van der Waals surface area contributed by atoms with Crippen molar-refractivity contribution in [1.29, 1.82) is 0 Å². The Kier molecular flexibility index (Phi) is 6.91. The summed E-state index contributed by atoms with van der Waals surface area (Å²) in [5.41, 5.74) is 1.51. The van der Waals surface area contributed by atoms with E-state index in [9.17, 15) is 14.0 Å². The number of hydrogen-bond acceptors (Lipinski definition) is 4. The number of aryl methyl sites for hydroxylation is 1. The summed E-state index contributed by atoms with van der Waals surface area (Å²) in [5.74, 6) is -0.986. The van der Waals surface area contributed by atoms with Crippen molar-refractivity contribution in [1.82, 2.24) is 0 Å². The van der Waals surface area contributed by atoms with E-state index in [-0.39, 0.29) is 0 Å². The minimum Gasteiger partial charge on any atom is -0.493 e. The standard InChI is InChI=1S/C20H20FNO4/c1-3-25-18-7-5-4-6-15(18)9-11-20(24)26-13-19(23)22-16-10-8-14(2)17(21)12-16/h4-12H,3,13H2,1-2H3,(H,22,23)/b11-9+. The molecule has 6 heteroatoms. The van der Waals surface area contributed by atoms with E-state index in [0.29, 0.717) is 23.6 Å². The van der Waals surface area contributed by atoms with Gasteiger partial charge in [0, 0.05) is 17.3 Å². The average molecular weight is 357 g/mol. The van der Waals surface area contributed by atoms with Gasteiger partial charge in [0.1, 0.15) is 11.6 Å². The fraction of sp³-hybridized carbons (Fsp3) is 0.200. The third-order valence-electron chi connectivity index (χ3n) is 3.42. The van der Waals surface area contributed by atoms with Gasteiger partial charge in [0.15, 0.2) is 6.61 Å². The summed E-state index contributed by atoms with van der Waals surface area (Å²) in [6, 6.07) is 11.6. The van der Waals surface area contributed by atoms with Gasteiger partial charge in [0.25, 0.3) is 5.91 Å². The lowest BCUT2D eigenvalue weighted by Crippen LogP contribution is -2.20. The maximum atomic E-state index is 13.4. The summed E-state index contributed by atoms with van der Waals surface area (Å²) in [4.78, 5) is 23.5. The molecule has 0 saturated carbocycles. The molecule has 1 amide bonds. The molecule has 136 valence electrons. The van der Waals surface area contributed by atoms with Gasteiger partial charge in [-0.15, -0.1) is 0 Å². The second-order valence-electron chi connectivity index (χ2n) is 5.42. The normalized spacial score (nSPS) is 10.6. The lowest BCUT2D eigenvalue weighted by molar-refractivity contribution is -0.142. The number of amides is 1. The van der Waals surface area contributed by atoms with Crippen molar-refractivity contribution in [2.24, 2.45) is 0 Å². The van der Waals surface area contributed by atoms with Crippen LogP contribution in [0.5, 0.6) is 5.75 Å². The zero-order valence-electron chi connectivity index (χ0n) is 14.6. The Morgan fingerprint density at radius 1 is 1.19 bits per heavy atom. The van der Waals surface area contributed by atoms with E-state index in [1.54, 1.807) is 37.3 Å². The maximum Gasteiger partial charge on any atom is 0.331 e. The van der Waals surface area contributed by atoms with Gasteiger partial charge in [-0.1, -0.05) is 24.3 Å². The van der Waals surface area contributed by atoms with E-state index >= 15 is 0 Å². The molecule has 0 spiro atoms. The number of carbonyl (C=O) groups is 2. The van der Waals surface area contributed by atoms with Crippen molar-refractivity contribution in [3.8, 4) is 5.75 Å². The molecule has 2 aromatic rings. The molecule has 0 heterocycles. The van der Waals surface area contributed by atoms with Crippen LogP contribution < -0.4 is 10.1 Å². The summed E-state index contributed by atoms with van der Waals surface area (Å²) in [5, 5.41) is 2.46. The third kappa shape index (κ3) is 5.73. The summed E-state index contributed by atoms with van der Waals surface area (Å²) in [6.07, 6.45) is 2.78. The first-order valence-corrected chi connectivity index (χ1v) is 8.12. The molecule has 0 aliphatic rings. The molecule has 0 fully saturated rings. The number of para-hydroxylation sites is 1. The van der Waals surface area contributed by atoms with E-state index in [2.05, 4.69) is 5.32 Å². The molecule has 0 aliphatic carbocycles. The highest BCUT2D eigenvalue weighted by molar-refractivity contribution is 5.94. The van der Waals surface area contributed by atoms with E-state index in [0.717, 1.165) is 5.56 Å². The predicted octanol–water partition coefficient (Wildman–Crippen LogP) is 3.73. The molecule has 5 nitrogen and oxygen atoms in total. The zero-order valence-corrected chi connectivity index (χ0v) is 14.6. The zero-order chi connectivity index (χ0) is 18.9. The largest absolute Gasteiger partial charge is 0.493 e. The summed E-state index contributed by atoms with van der Waals surface area (Å²) in [6.45, 7) is 3.53. The number of hydrogen-bond donors (Lipinski definition) is 1. The van der Waals surface area contributed by atoms with Crippen LogP contribution in [-0.4, -0.2) is 25.1 Å². The van der Waals surface area contributed by atoms with Crippen LogP contribution in [0, 0.1) is 12.7 Å². The smallest absolute Gasteiger partial charge is 0.331 e. The second kappa shape index (κ2) is 9.36. The molecule has 0 aromatic heterocycles. The molecule has 1 N–H and O–H groups in total. The third-order valence-corrected chi connectivity index (χ3v) is 3.42. The van der Waals surface area contributed by atoms with Crippen molar-refractivity contribution in [2.75, 3.05) is 18.5 Å². The summed E-state index contributed by atoms with van der Waals surface area (Å²) >= 11 is 0. The van der Waals surface area contributed by atoms with E-state index < -0.39 is 24.3 Å². The van der Waals surface area contributed by atoms with Gasteiger partial charge in [-0.3, -0.25) is 4.79 Å². The van der Waals surface area contributed by atoms with Gasteiger partial charge in [0.2, 0.25) is 0 Å². The Morgan fingerprint density at radius 3 is 2.69 bits per heavy atom. The first kappa shape index (κ1) is 19.2. The second-order valence-corrected chi connectivity index (χ2v) is 5.42. The Labute approximate surface area is 151 Å². The van der Waals surface area contributed by atoms with Crippen molar-refractivity contribution in [3.05, 3.63) is 65.5 Å². The van der Waals surface area contributed by atoms with Gasteiger partial charge in [0.05, 0.1) is 6.61 Å². The van der Waals surface area contributed by atoms with Gasteiger partial charge in [-0.25, -0.2) is 9.18 Å². The van der Waals surface area contributed by atoms with Crippen LogP contribution in [0.2, 0.25) is 0 Å². The fourth-order valence-electron chi connectivity index (χ4n) is 2.12. The topological polar surface area (TPSA) is 64.6 Å². The number of benzene rings is 2. The van der Waals surface area contributed by atoms with Gasteiger partial charge >= 0.3 is 5.97 Å². The average Bonchev–Trinajstić information content (AvgIpc) is 2.62. The first-order chi connectivity index (χ1) is 12.5. The number of esters is 1. The highest BCUT2D eigenvalue weighted by atomic mass is 19.1. The van der Waals surface area contributed by atoms with E-state index in [1.165, 1.54) is 12.1 Å². The molecule has 0 atom stereocenters. The van der Waals surface area contributed by atoms with Crippen molar-refractivity contribution >= 4 is 23.6 Å². The molecular formula is C20H20FNO4. The lowest BCUT2D eigenvalue weighted by Gasteiger charge is -2.07. The van der Waals surface area contributed by atoms with Crippen LogP contribution in [-0.2, 0) is 14.3 Å². The monoisotopic (exact) mass is 357 g/mol. The predicted molar refractivity (Wildman–Crippen MR) is 97.4 cm³/mol. The Hall–Kier alpha value is -3.15. The van der Waals surface area contributed by atoms with Crippen LogP contribution in [0.25, 0.3) is 6.08 Å². The minimum atomic E-state index is -0.665. The number of ether oxygens (including phenoxy) is 2. The number of anilines is 1. The minimum absolute atomic E-state index is 0.301. The highest BCUT2D eigenvalue weighted by Gasteiger charge is 2.07. The molecule has 0 saturated heterocycles. The van der Waals surface area contributed by atoms with Crippen LogP contribution in [0.4, 0.5) is 10.1 Å². The summed E-state index contributed by atoms with van der Waals surface area (Å²) in [7, 11) is 0. The first-order valence-electron chi connectivity index (χ1n) is 8.12. The molecule has 2 rings (SSSR count). The van der Waals surface area contributed by atoms with Gasteiger partial charge < -0.3 is 14.8 Å². The van der Waals surface area contributed by atoms with Crippen LogP contribution >= 0.6 is 0 Å². The number of carbonyl (C=O) groups excluding carboxylic acids is 2. The molecular weight excluding hydrogens is 337 g/mol. The number of rotatable bonds is 7. The van der Waals surface area contributed by atoms with Crippen molar-refractivity contribution in [2.45, 2.75) is 13.8 Å². The molecule has 0 aliphatic heterocycles. The lowest BCUT2D eigenvalue weighted by atomic mass is 10.2. The number of nitrogens with one attached hydrogen (secondary N) is 1. The van der Waals surface area contributed by atoms with Crippen LogP contribution in [0.1, 0.15) is 18.1 Å². The van der Waals surface area contributed by atoms with E-state index in [4.69, 9.17) is 9.47 Å². The molecule has 0 unspecified atom stereocenters. The number of halogens is 1. The van der Waals surface area contributed by atoms with E-state index in [1.807, 2.05) is 19.1 Å². The van der Waals surface area contributed by atoms with Crippen LogP contribution in [0.15, 0.2) is 48.5 Å². The molecule has 26 heavy (non-hydrogen) atoms. The Morgan fingerprint density at radius 2 is 1.96 bits per heavy atom. The van der Waals surface area contributed by atoms with Gasteiger partial charge in [-0.2, -0.15) is 0 Å². The van der Waals surface area contributed by atoms with Crippen molar-refractivity contribution < 1.29 is 23.5 Å². The summed E-state index contributed by atoms with van der Waals surface area (Å²) < 4.78 is 23.8. The fourth-order valence-corrected chi connectivity index (χ4v) is 2.12.